The van der Waals surface area contributed by atoms with Crippen LogP contribution in [-0.4, -0.2) is 52.0 Å². The summed E-state index contributed by atoms with van der Waals surface area (Å²) < 4.78 is 42.2. The summed E-state index contributed by atoms with van der Waals surface area (Å²) in [6.45, 7) is 0.954. The second-order valence-corrected chi connectivity index (χ2v) is 8.73. The lowest BCUT2D eigenvalue weighted by atomic mass is 10.2. The van der Waals surface area contributed by atoms with Crippen LogP contribution < -0.4 is 9.47 Å². The summed E-state index contributed by atoms with van der Waals surface area (Å²) in [5.74, 6) is -0.774. The second kappa shape index (κ2) is 9.76. The maximum atomic E-state index is 12.8. The smallest absolute Gasteiger partial charge is 0.343 e. The van der Waals surface area contributed by atoms with Gasteiger partial charge < -0.3 is 14.2 Å². The molecule has 2 aromatic rings. The van der Waals surface area contributed by atoms with Crippen LogP contribution >= 0.6 is 0 Å². The van der Waals surface area contributed by atoms with Crippen molar-refractivity contribution in [2.75, 3.05) is 27.3 Å². The van der Waals surface area contributed by atoms with Gasteiger partial charge in [-0.15, -0.1) is 0 Å². The van der Waals surface area contributed by atoms with Crippen LogP contribution in [0, 0.1) is 0 Å². The fourth-order valence-corrected chi connectivity index (χ4v) is 4.69. The van der Waals surface area contributed by atoms with Gasteiger partial charge in [0.15, 0.2) is 11.5 Å². The van der Waals surface area contributed by atoms with Crippen LogP contribution in [0.25, 0.3) is 6.08 Å². The minimum atomic E-state index is -3.65. The van der Waals surface area contributed by atoms with Gasteiger partial charge in [-0.2, -0.15) is 4.31 Å². The van der Waals surface area contributed by atoms with Crippen molar-refractivity contribution in [1.29, 1.82) is 0 Å². The third kappa shape index (κ3) is 5.31. The van der Waals surface area contributed by atoms with Crippen molar-refractivity contribution in [2.45, 2.75) is 17.7 Å². The largest absolute Gasteiger partial charge is 0.493 e. The van der Waals surface area contributed by atoms with Crippen molar-refractivity contribution in [3.05, 3.63) is 59.7 Å². The number of ether oxygens (including phenoxy) is 3. The van der Waals surface area contributed by atoms with Crippen molar-refractivity contribution in [3.63, 3.8) is 0 Å². The molecule has 8 nitrogen and oxygen atoms in total. The Morgan fingerprint density at radius 3 is 2.42 bits per heavy atom. The van der Waals surface area contributed by atoms with E-state index in [-0.39, 0.29) is 22.0 Å². The predicted molar refractivity (Wildman–Crippen MR) is 113 cm³/mol. The molecule has 1 fully saturated rings. The maximum absolute atomic E-state index is 12.8. The topological polar surface area (TPSA) is 99.2 Å². The van der Waals surface area contributed by atoms with Gasteiger partial charge in [0.25, 0.3) is 0 Å². The Morgan fingerprint density at radius 1 is 1.00 bits per heavy atom. The number of benzene rings is 2. The Bertz CT molecular complexity index is 1100. The summed E-state index contributed by atoms with van der Waals surface area (Å²) in [4.78, 5) is 24.0. The van der Waals surface area contributed by atoms with E-state index in [1.54, 1.807) is 12.1 Å². The molecule has 1 aliphatic heterocycles. The summed E-state index contributed by atoms with van der Waals surface area (Å²) in [5, 5.41) is 0. The molecule has 0 atom stereocenters. The quantitative estimate of drug-likeness (QED) is 0.367. The van der Waals surface area contributed by atoms with Crippen LogP contribution in [0.2, 0.25) is 0 Å². The Labute approximate surface area is 181 Å². The molecule has 3 rings (SSSR count). The molecule has 2 aromatic carbocycles. The Balaban J connectivity index is 1.80. The first-order chi connectivity index (χ1) is 14.8. The van der Waals surface area contributed by atoms with Gasteiger partial charge in [0, 0.05) is 19.2 Å². The molecule has 0 amide bonds. The van der Waals surface area contributed by atoms with Crippen molar-refractivity contribution in [2.24, 2.45) is 0 Å². The number of nitrogens with zero attached hydrogens (tertiary/aromatic N) is 1. The van der Waals surface area contributed by atoms with Gasteiger partial charge in [-0.1, -0.05) is 12.1 Å². The molecule has 0 bridgehead atoms. The van der Waals surface area contributed by atoms with Gasteiger partial charge in [0.2, 0.25) is 10.0 Å². The van der Waals surface area contributed by atoms with Gasteiger partial charge in [-0.25, -0.2) is 18.0 Å². The highest BCUT2D eigenvalue weighted by Crippen LogP contribution is 2.30. The number of carbonyl (C=O) groups is 2. The zero-order chi connectivity index (χ0) is 22.4. The summed E-state index contributed by atoms with van der Waals surface area (Å²) >= 11 is 0. The van der Waals surface area contributed by atoms with Gasteiger partial charge in [-0.05, 0) is 54.8 Å². The summed E-state index contributed by atoms with van der Waals surface area (Å²) in [5.41, 5.74) is 0.748. The van der Waals surface area contributed by atoms with Crippen LogP contribution in [0.3, 0.4) is 0 Å². The number of esters is 2. The first-order valence-electron chi connectivity index (χ1n) is 9.61. The zero-order valence-corrected chi connectivity index (χ0v) is 18.1. The molecular weight excluding hydrogens is 422 g/mol. The number of carbonyl (C=O) groups excluding carboxylic acids is 2. The average molecular weight is 445 g/mol. The van der Waals surface area contributed by atoms with Gasteiger partial charge >= 0.3 is 11.9 Å². The third-order valence-corrected chi connectivity index (χ3v) is 6.67. The number of sulfonamides is 1. The Kier molecular flexibility index (Phi) is 7.09. The van der Waals surface area contributed by atoms with Crippen LogP contribution in [0.15, 0.2) is 53.4 Å². The lowest BCUT2D eigenvalue weighted by Gasteiger charge is -2.16. The zero-order valence-electron chi connectivity index (χ0n) is 17.2. The molecule has 9 heteroatoms. The molecule has 0 saturated carbocycles. The fourth-order valence-electron chi connectivity index (χ4n) is 3.12. The van der Waals surface area contributed by atoms with Crippen molar-refractivity contribution in [1.82, 2.24) is 4.31 Å². The Morgan fingerprint density at radius 2 is 1.74 bits per heavy atom. The molecule has 0 aliphatic carbocycles. The van der Waals surface area contributed by atoms with Crippen molar-refractivity contribution in [3.8, 4) is 11.5 Å². The number of methoxy groups -OCH3 is 2. The highest BCUT2D eigenvalue weighted by atomic mass is 32.2. The maximum Gasteiger partial charge on any atom is 0.343 e. The minimum Gasteiger partial charge on any atom is -0.493 e. The molecule has 0 aromatic heterocycles. The van der Waals surface area contributed by atoms with E-state index in [0.717, 1.165) is 12.8 Å². The van der Waals surface area contributed by atoms with Crippen molar-refractivity contribution >= 4 is 28.0 Å². The summed E-state index contributed by atoms with van der Waals surface area (Å²) in [6.07, 6.45) is 4.44. The van der Waals surface area contributed by atoms with Gasteiger partial charge in [-0.3, -0.25) is 0 Å². The van der Waals surface area contributed by atoms with Gasteiger partial charge in [0.05, 0.1) is 24.7 Å². The molecule has 0 spiro atoms. The summed E-state index contributed by atoms with van der Waals surface area (Å²) in [7, 11) is -0.947. The van der Waals surface area contributed by atoms with E-state index >= 15 is 0 Å². The highest BCUT2D eigenvalue weighted by molar-refractivity contribution is 7.89. The molecule has 1 aliphatic rings. The second-order valence-electron chi connectivity index (χ2n) is 6.80. The number of hydrogen-bond acceptors (Lipinski definition) is 7. The first-order valence-corrected chi connectivity index (χ1v) is 11.1. The van der Waals surface area contributed by atoms with Crippen LogP contribution in [0.5, 0.6) is 11.5 Å². The van der Waals surface area contributed by atoms with E-state index < -0.39 is 22.0 Å². The number of hydrogen-bond donors (Lipinski definition) is 0. The standard InChI is InChI=1S/C22H23NO7S/c1-28-20-14-16(9-11-21(24)29-2)8-10-19(20)30-22(25)17-6-5-7-18(15-17)31(26,27)23-12-3-4-13-23/h5-11,14-15H,3-4,12-13H2,1-2H3/b11-9+. The lowest BCUT2D eigenvalue weighted by molar-refractivity contribution is -0.134. The van der Waals surface area contributed by atoms with Crippen LogP contribution in [0.1, 0.15) is 28.8 Å². The predicted octanol–water partition coefficient (Wildman–Crippen LogP) is 2.89. The van der Waals surface area contributed by atoms with E-state index in [0.29, 0.717) is 18.7 Å². The molecule has 0 unspecified atom stereocenters. The minimum absolute atomic E-state index is 0.0547. The Hall–Kier alpha value is -3.17. The fraction of sp³-hybridized carbons (Fsp3) is 0.273. The molecule has 31 heavy (non-hydrogen) atoms. The highest BCUT2D eigenvalue weighted by Gasteiger charge is 2.28. The average Bonchev–Trinajstić information content (AvgIpc) is 3.34. The first kappa shape index (κ1) is 22.5. The SMILES string of the molecule is COC(=O)/C=C/c1ccc(OC(=O)c2cccc(S(=O)(=O)N3CCCC3)c2)c(OC)c1. The molecule has 0 radical (unpaired) electrons. The van der Waals surface area contributed by atoms with E-state index in [1.807, 2.05) is 0 Å². The molecule has 0 N–H and O–H groups in total. The lowest BCUT2D eigenvalue weighted by Crippen LogP contribution is -2.28. The summed E-state index contributed by atoms with van der Waals surface area (Å²) in [6, 6.07) is 10.5. The van der Waals surface area contributed by atoms with E-state index in [9.17, 15) is 18.0 Å². The molecular formula is C22H23NO7S. The van der Waals surface area contributed by atoms with E-state index in [2.05, 4.69) is 4.74 Å². The van der Waals surface area contributed by atoms with E-state index in [1.165, 1.54) is 61.0 Å². The third-order valence-electron chi connectivity index (χ3n) is 4.78. The molecule has 164 valence electrons. The van der Waals surface area contributed by atoms with Crippen LogP contribution in [0.4, 0.5) is 0 Å². The number of rotatable bonds is 7. The molecule has 1 heterocycles. The van der Waals surface area contributed by atoms with E-state index in [4.69, 9.17) is 9.47 Å². The van der Waals surface area contributed by atoms with Gasteiger partial charge in [0.1, 0.15) is 0 Å². The normalized spacial score (nSPS) is 14.5. The monoisotopic (exact) mass is 445 g/mol. The molecule has 1 saturated heterocycles. The van der Waals surface area contributed by atoms with Crippen LogP contribution in [-0.2, 0) is 19.6 Å². The van der Waals surface area contributed by atoms with Crippen molar-refractivity contribution < 1.29 is 32.2 Å².